The summed E-state index contributed by atoms with van der Waals surface area (Å²) in [7, 11) is -3.70. The summed E-state index contributed by atoms with van der Waals surface area (Å²) in [6.45, 7) is 1.82. The lowest BCUT2D eigenvalue weighted by Crippen LogP contribution is -2.13. The van der Waals surface area contributed by atoms with E-state index < -0.39 is 10.0 Å². The largest absolute Gasteiger partial charge is 0.397 e. The highest BCUT2D eigenvalue weighted by molar-refractivity contribution is 7.92. The fourth-order valence-corrected chi connectivity index (χ4v) is 2.70. The molecule has 2 rings (SSSR count). The highest BCUT2D eigenvalue weighted by Crippen LogP contribution is 2.23. The lowest BCUT2D eigenvalue weighted by Gasteiger charge is -2.09. The topological polar surface area (TPSA) is 85.1 Å². The molecule has 2 aromatic rings. The van der Waals surface area contributed by atoms with Gasteiger partial charge in [-0.3, -0.25) is 9.71 Å². The van der Waals surface area contributed by atoms with Crippen molar-refractivity contribution in [1.82, 2.24) is 4.98 Å². The second kappa shape index (κ2) is 5.07. The number of nitrogen functional groups attached to an aromatic ring is 1. The summed E-state index contributed by atoms with van der Waals surface area (Å²) < 4.78 is 26.7. The Kier molecular flexibility index (Phi) is 3.64. The number of anilines is 2. The zero-order chi connectivity index (χ0) is 14.0. The number of pyridine rings is 1. The molecule has 5 nitrogen and oxygen atoms in total. The van der Waals surface area contributed by atoms with Gasteiger partial charge in [-0.25, -0.2) is 8.42 Å². The van der Waals surface area contributed by atoms with E-state index in [1.165, 1.54) is 24.4 Å². The van der Waals surface area contributed by atoms with Crippen LogP contribution in [0.3, 0.4) is 0 Å². The van der Waals surface area contributed by atoms with Crippen LogP contribution >= 0.6 is 11.6 Å². The molecule has 0 saturated heterocycles. The highest BCUT2D eigenvalue weighted by atomic mass is 35.5. The van der Waals surface area contributed by atoms with Crippen molar-refractivity contribution in [3.8, 4) is 0 Å². The predicted octanol–water partition coefficient (Wildman–Crippen LogP) is 2.43. The van der Waals surface area contributed by atoms with E-state index in [2.05, 4.69) is 9.71 Å². The summed E-state index contributed by atoms with van der Waals surface area (Å²) in [4.78, 5) is 3.97. The molecule has 0 unspecified atom stereocenters. The molecular weight excluding hydrogens is 286 g/mol. The quantitative estimate of drug-likeness (QED) is 0.852. The van der Waals surface area contributed by atoms with Crippen LogP contribution in [-0.2, 0) is 10.0 Å². The van der Waals surface area contributed by atoms with E-state index in [1.807, 2.05) is 6.92 Å². The van der Waals surface area contributed by atoms with Gasteiger partial charge in [0.15, 0.2) is 0 Å². The molecule has 1 aromatic carbocycles. The fourth-order valence-electron chi connectivity index (χ4n) is 1.51. The van der Waals surface area contributed by atoms with Crippen LogP contribution in [-0.4, -0.2) is 13.4 Å². The average molecular weight is 298 g/mol. The van der Waals surface area contributed by atoms with E-state index in [1.54, 1.807) is 12.3 Å². The van der Waals surface area contributed by atoms with Crippen LogP contribution in [0.2, 0.25) is 5.02 Å². The molecule has 0 aliphatic rings. The average Bonchev–Trinajstić information content (AvgIpc) is 2.32. The molecule has 0 radical (unpaired) electrons. The zero-order valence-corrected chi connectivity index (χ0v) is 11.7. The third kappa shape index (κ3) is 3.15. The Balaban J connectivity index is 2.35. The molecule has 100 valence electrons. The van der Waals surface area contributed by atoms with Gasteiger partial charge in [0.1, 0.15) is 0 Å². The number of halogens is 1. The van der Waals surface area contributed by atoms with Crippen LogP contribution < -0.4 is 10.5 Å². The number of hydrogen-bond acceptors (Lipinski definition) is 4. The van der Waals surface area contributed by atoms with Gasteiger partial charge in [0.2, 0.25) is 0 Å². The van der Waals surface area contributed by atoms with Gasteiger partial charge in [-0.05, 0) is 36.8 Å². The Hall–Kier alpha value is -1.79. The normalized spacial score (nSPS) is 11.3. The summed E-state index contributed by atoms with van der Waals surface area (Å²) in [5.41, 5.74) is 7.07. The van der Waals surface area contributed by atoms with Crippen LogP contribution in [0.15, 0.2) is 41.6 Å². The van der Waals surface area contributed by atoms with Crippen molar-refractivity contribution in [2.45, 2.75) is 11.8 Å². The van der Waals surface area contributed by atoms with Crippen molar-refractivity contribution in [3.63, 3.8) is 0 Å². The molecule has 0 bridgehead atoms. The molecule has 0 saturated carbocycles. The van der Waals surface area contributed by atoms with Crippen molar-refractivity contribution in [1.29, 1.82) is 0 Å². The minimum atomic E-state index is -3.70. The van der Waals surface area contributed by atoms with Crippen molar-refractivity contribution >= 4 is 33.0 Å². The fraction of sp³-hybridized carbons (Fsp3) is 0.0833. The second-order valence-corrected chi connectivity index (χ2v) is 6.13. The third-order valence-corrected chi connectivity index (χ3v) is 4.13. The minimum Gasteiger partial charge on any atom is -0.397 e. The molecular formula is C12H12ClN3O2S. The van der Waals surface area contributed by atoms with E-state index in [4.69, 9.17) is 17.3 Å². The van der Waals surface area contributed by atoms with E-state index in [-0.39, 0.29) is 10.6 Å². The first-order valence-electron chi connectivity index (χ1n) is 5.38. The van der Waals surface area contributed by atoms with Crippen molar-refractivity contribution in [3.05, 3.63) is 47.2 Å². The number of aromatic nitrogens is 1. The first kappa shape index (κ1) is 13.6. The number of aryl methyl sites for hydroxylation is 1. The smallest absolute Gasteiger partial charge is 0.262 e. The monoisotopic (exact) mass is 297 g/mol. The molecule has 0 atom stereocenters. The number of hydrogen-bond donors (Lipinski definition) is 2. The maximum atomic E-state index is 12.1. The maximum absolute atomic E-state index is 12.1. The third-order valence-electron chi connectivity index (χ3n) is 2.40. The van der Waals surface area contributed by atoms with E-state index in [0.29, 0.717) is 10.7 Å². The number of nitrogens with two attached hydrogens (primary N) is 1. The Morgan fingerprint density at radius 3 is 2.63 bits per heavy atom. The molecule has 19 heavy (non-hydrogen) atoms. The highest BCUT2D eigenvalue weighted by Gasteiger charge is 2.15. The molecule has 0 aliphatic carbocycles. The van der Waals surface area contributed by atoms with Crippen LogP contribution in [0.1, 0.15) is 5.56 Å². The number of benzene rings is 1. The van der Waals surface area contributed by atoms with Gasteiger partial charge in [-0.1, -0.05) is 11.6 Å². The van der Waals surface area contributed by atoms with Gasteiger partial charge < -0.3 is 5.73 Å². The number of rotatable bonds is 3. The van der Waals surface area contributed by atoms with Crippen molar-refractivity contribution < 1.29 is 8.42 Å². The van der Waals surface area contributed by atoms with Crippen LogP contribution in [0.25, 0.3) is 0 Å². The Morgan fingerprint density at radius 2 is 2.00 bits per heavy atom. The molecule has 0 spiro atoms. The Morgan fingerprint density at radius 1 is 1.26 bits per heavy atom. The molecule has 1 heterocycles. The van der Waals surface area contributed by atoms with E-state index in [0.717, 1.165) is 5.56 Å². The molecule has 0 aliphatic heterocycles. The second-order valence-electron chi connectivity index (χ2n) is 4.04. The van der Waals surface area contributed by atoms with Crippen molar-refractivity contribution in [2.24, 2.45) is 0 Å². The molecule has 0 fully saturated rings. The van der Waals surface area contributed by atoms with Gasteiger partial charge >= 0.3 is 0 Å². The summed E-state index contributed by atoms with van der Waals surface area (Å²) in [5, 5.41) is 0.316. The van der Waals surface area contributed by atoms with Gasteiger partial charge in [0.25, 0.3) is 10.0 Å². The maximum Gasteiger partial charge on any atom is 0.262 e. The lowest BCUT2D eigenvalue weighted by atomic mass is 10.3. The first-order chi connectivity index (χ1) is 8.88. The Bertz CT molecular complexity index is 717. The molecule has 0 amide bonds. The van der Waals surface area contributed by atoms with Crippen LogP contribution in [0, 0.1) is 6.92 Å². The van der Waals surface area contributed by atoms with Gasteiger partial charge in [-0.2, -0.15) is 0 Å². The summed E-state index contributed by atoms with van der Waals surface area (Å²) in [6.07, 6.45) is 3.07. The van der Waals surface area contributed by atoms with Crippen molar-refractivity contribution in [2.75, 3.05) is 10.5 Å². The van der Waals surface area contributed by atoms with Gasteiger partial charge in [0, 0.05) is 6.20 Å². The number of nitrogens with zero attached hydrogens (tertiary/aromatic N) is 1. The standard InChI is InChI=1S/C12H12ClN3O2S/c1-8-4-9(7-15-6-8)16-19(17,18)10-2-3-11(13)12(14)5-10/h2-7,16H,14H2,1H3. The van der Waals surface area contributed by atoms with Gasteiger partial charge in [0.05, 0.1) is 27.5 Å². The lowest BCUT2D eigenvalue weighted by molar-refractivity contribution is 0.601. The minimum absolute atomic E-state index is 0.0518. The van der Waals surface area contributed by atoms with Crippen LogP contribution in [0.4, 0.5) is 11.4 Å². The summed E-state index contributed by atoms with van der Waals surface area (Å²) >= 11 is 5.76. The van der Waals surface area contributed by atoms with Gasteiger partial charge in [-0.15, -0.1) is 0 Å². The first-order valence-corrected chi connectivity index (χ1v) is 7.24. The molecule has 3 N–H and O–H groups in total. The number of nitrogens with one attached hydrogen (secondary N) is 1. The number of sulfonamides is 1. The predicted molar refractivity (Wildman–Crippen MR) is 75.6 cm³/mol. The van der Waals surface area contributed by atoms with E-state index in [9.17, 15) is 8.42 Å². The van der Waals surface area contributed by atoms with E-state index >= 15 is 0 Å². The van der Waals surface area contributed by atoms with Crippen LogP contribution in [0.5, 0.6) is 0 Å². The zero-order valence-electron chi connectivity index (χ0n) is 10.1. The molecule has 1 aromatic heterocycles. The summed E-state index contributed by atoms with van der Waals surface area (Å²) in [6, 6.07) is 5.84. The Labute approximate surface area is 116 Å². The molecule has 7 heteroatoms. The summed E-state index contributed by atoms with van der Waals surface area (Å²) in [5.74, 6) is 0. The SMILES string of the molecule is Cc1cncc(NS(=O)(=O)c2ccc(Cl)c(N)c2)c1.